The highest BCUT2D eigenvalue weighted by molar-refractivity contribution is 5.66. The molecule has 2 aromatic rings. The number of rotatable bonds is 4. The molecule has 1 N–H and O–H groups in total. The van der Waals surface area contributed by atoms with Gasteiger partial charge >= 0.3 is 0 Å². The summed E-state index contributed by atoms with van der Waals surface area (Å²) in [5.41, 5.74) is 3.61. The standard InChI is InChI=1S/C16H20N4/c1-3-9-17-15-11-12(2)18-16(19-15)20-10-8-13-6-4-5-7-14(13)20/h4-7,11H,3,8-10H2,1-2H3,(H,17,18,19). The molecule has 1 aliphatic rings. The first-order valence-corrected chi connectivity index (χ1v) is 7.23. The minimum atomic E-state index is 0.800. The van der Waals surface area contributed by atoms with Crippen molar-refractivity contribution in [2.24, 2.45) is 0 Å². The predicted octanol–water partition coefficient (Wildman–Crippen LogP) is 3.30. The van der Waals surface area contributed by atoms with Crippen LogP contribution in [0.5, 0.6) is 0 Å². The lowest BCUT2D eigenvalue weighted by molar-refractivity contribution is 0.917. The lowest BCUT2D eigenvalue weighted by Crippen LogP contribution is -2.17. The minimum Gasteiger partial charge on any atom is -0.370 e. The van der Waals surface area contributed by atoms with Gasteiger partial charge in [0.05, 0.1) is 0 Å². The molecule has 4 heteroatoms. The molecule has 104 valence electrons. The Hall–Kier alpha value is -2.10. The zero-order chi connectivity index (χ0) is 13.9. The van der Waals surface area contributed by atoms with Gasteiger partial charge < -0.3 is 10.2 Å². The highest BCUT2D eigenvalue weighted by Crippen LogP contribution is 2.32. The highest BCUT2D eigenvalue weighted by Gasteiger charge is 2.22. The van der Waals surface area contributed by atoms with Gasteiger partial charge in [-0.1, -0.05) is 25.1 Å². The molecule has 0 unspecified atom stereocenters. The number of fused-ring (bicyclic) bond motifs is 1. The summed E-state index contributed by atoms with van der Waals surface area (Å²) >= 11 is 0. The zero-order valence-electron chi connectivity index (χ0n) is 12.1. The van der Waals surface area contributed by atoms with Gasteiger partial charge in [0.25, 0.3) is 0 Å². The van der Waals surface area contributed by atoms with E-state index >= 15 is 0 Å². The quantitative estimate of drug-likeness (QED) is 0.923. The maximum Gasteiger partial charge on any atom is 0.232 e. The number of hydrogen-bond donors (Lipinski definition) is 1. The summed E-state index contributed by atoms with van der Waals surface area (Å²) in [7, 11) is 0. The van der Waals surface area contributed by atoms with Gasteiger partial charge in [-0.25, -0.2) is 4.98 Å². The molecule has 3 rings (SSSR count). The second-order valence-corrected chi connectivity index (χ2v) is 5.15. The Labute approximate surface area is 119 Å². The molecule has 0 amide bonds. The van der Waals surface area contributed by atoms with Crippen LogP contribution in [0.25, 0.3) is 0 Å². The topological polar surface area (TPSA) is 41.1 Å². The molecule has 0 fully saturated rings. The van der Waals surface area contributed by atoms with Gasteiger partial charge in [0.1, 0.15) is 5.82 Å². The number of anilines is 3. The highest BCUT2D eigenvalue weighted by atomic mass is 15.3. The molecule has 20 heavy (non-hydrogen) atoms. The molecule has 1 aromatic carbocycles. The monoisotopic (exact) mass is 268 g/mol. The number of nitrogens with one attached hydrogen (secondary N) is 1. The van der Waals surface area contributed by atoms with Gasteiger partial charge in [0, 0.05) is 30.5 Å². The average molecular weight is 268 g/mol. The molecule has 1 aliphatic heterocycles. The maximum atomic E-state index is 4.66. The Bertz CT molecular complexity index is 609. The molecule has 0 radical (unpaired) electrons. The van der Waals surface area contributed by atoms with Crippen molar-refractivity contribution in [3.05, 3.63) is 41.6 Å². The van der Waals surface area contributed by atoms with Crippen LogP contribution in [0.4, 0.5) is 17.5 Å². The Morgan fingerprint density at radius 1 is 1.25 bits per heavy atom. The molecule has 2 heterocycles. The van der Waals surface area contributed by atoms with E-state index in [0.29, 0.717) is 0 Å². The van der Waals surface area contributed by atoms with Crippen LogP contribution in [0.2, 0.25) is 0 Å². The van der Waals surface area contributed by atoms with Crippen molar-refractivity contribution in [2.45, 2.75) is 26.7 Å². The van der Waals surface area contributed by atoms with Crippen molar-refractivity contribution in [1.29, 1.82) is 0 Å². The van der Waals surface area contributed by atoms with Crippen LogP contribution in [0, 0.1) is 6.92 Å². The molecule has 4 nitrogen and oxygen atoms in total. The Kier molecular flexibility index (Phi) is 3.54. The van der Waals surface area contributed by atoms with Crippen molar-refractivity contribution < 1.29 is 0 Å². The molecule has 1 aromatic heterocycles. The number of nitrogens with zero attached hydrogens (tertiary/aromatic N) is 3. The second-order valence-electron chi connectivity index (χ2n) is 5.15. The van der Waals surface area contributed by atoms with Gasteiger partial charge in [-0.05, 0) is 31.4 Å². The van der Waals surface area contributed by atoms with E-state index in [1.165, 1.54) is 11.3 Å². The zero-order valence-corrected chi connectivity index (χ0v) is 12.1. The van der Waals surface area contributed by atoms with Crippen LogP contribution in [-0.4, -0.2) is 23.1 Å². The summed E-state index contributed by atoms with van der Waals surface area (Å²) in [6, 6.07) is 10.5. The molecular formula is C16H20N4. The van der Waals surface area contributed by atoms with E-state index < -0.39 is 0 Å². The molecule has 0 saturated heterocycles. The summed E-state index contributed by atoms with van der Waals surface area (Å²) in [6.07, 6.45) is 2.15. The molecule has 0 spiro atoms. The maximum absolute atomic E-state index is 4.66. The number of aryl methyl sites for hydroxylation is 1. The summed E-state index contributed by atoms with van der Waals surface area (Å²) in [4.78, 5) is 11.5. The lowest BCUT2D eigenvalue weighted by Gasteiger charge is -2.18. The number of benzene rings is 1. The predicted molar refractivity (Wildman–Crippen MR) is 82.7 cm³/mol. The molecular weight excluding hydrogens is 248 g/mol. The van der Waals surface area contributed by atoms with Crippen molar-refractivity contribution >= 4 is 17.5 Å². The van der Waals surface area contributed by atoms with E-state index in [4.69, 9.17) is 0 Å². The third kappa shape index (κ3) is 2.46. The summed E-state index contributed by atoms with van der Waals surface area (Å²) in [5, 5.41) is 3.35. The van der Waals surface area contributed by atoms with Crippen LogP contribution in [0.3, 0.4) is 0 Å². The fourth-order valence-electron chi connectivity index (χ4n) is 2.56. The first-order valence-electron chi connectivity index (χ1n) is 7.23. The first kappa shape index (κ1) is 12.9. The van der Waals surface area contributed by atoms with Crippen molar-refractivity contribution in [1.82, 2.24) is 9.97 Å². The minimum absolute atomic E-state index is 0.800. The van der Waals surface area contributed by atoms with Crippen LogP contribution in [0.1, 0.15) is 24.6 Å². The van der Waals surface area contributed by atoms with Gasteiger partial charge in [0.15, 0.2) is 0 Å². The van der Waals surface area contributed by atoms with E-state index in [-0.39, 0.29) is 0 Å². The Balaban J connectivity index is 1.93. The molecule has 0 saturated carbocycles. The van der Waals surface area contributed by atoms with E-state index in [9.17, 15) is 0 Å². The molecule has 0 atom stereocenters. The fraction of sp³-hybridized carbons (Fsp3) is 0.375. The Morgan fingerprint density at radius 2 is 2.10 bits per heavy atom. The summed E-state index contributed by atoms with van der Waals surface area (Å²) < 4.78 is 0. The smallest absolute Gasteiger partial charge is 0.232 e. The molecule has 0 aliphatic carbocycles. The number of para-hydroxylation sites is 1. The third-order valence-electron chi connectivity index (χ3n) is 3.53. The van der Waals surface area contributed by atoms with Crippen LogP contribution < -0.4 is 10.2 Å². The summed E-state index contributed by atoms with van der Waals surface area (Å²) in [6.45, 7) is 6.06. The average Bonchev–Trinajstić information content (AvgIpc) is 2.88. The number of aromatic nitrogens is 2. The Morgan fingerprint density at radius 3 is 2.95 bits per heavy atom. The van der Waals surface area contributed by atoms with Crippen LogP contribution in [0.15, 0.2) is 30.3 Å². The van der Waals surface area contributed by atoms with Crippen molar-refractivity contribution in [3.63, 3.8) is 0 Å². The van der Waals surface area contributed by atoms with Gasteiger partial charge in [-0.15, -0.1) is 0 Å². The van der Waals surface area contributed by atoms with Crippen molar-refractivity contribution in [3.8, 4) is 0 Å². The van der Waals surface area contributed by atoms with Gasteiger partial charge in [0.2, 0.25) is 5.95 Å². The van der Waals surface area contributed by atoms with E-state index in [0.717, 1.165) is 43.4 Å². The van der Waals surface area contributed by atoms with E-state index in [2.05, 4.69) is 51.4 Å². The van der Waals surface area contributed by atoms with Crippen LogP contribution >= 0.6 is 0 Å². The number of hydrogen-bond acceptors (Lipinski definition) is 4. The molecule has 0 bridgehead atoms. The van der Waals surface area contributed by atoms with Crippen molar-refractivity contribution in [2.75, 3.05) is 23.3 Å². The first-order chi connectivity index (χ1) is 9.78. The summed E-state index contributed by atoms with van der Waals surface area (Å²) in [5.74, 6) is 1.72. The van der Waals surface area contributed by atoms with Crippen LogP contribution in [-0.2, 0) is 6.42 Å². The SMILES string of the molecule is CCCNc1cc(C)nc(N2CCc3ccccc32)n1. The fourth-order valence-corrected chi connectivity index (χ4v) is 2.56. The largest absolute Gasteiger partial charge is 0.370 e. The van der Waals surface area contributed by atoms with Gasteiger partial charge in [-0.2, -0.15) is 4.98 Å². The normalized spacial score (nSPS) is 13.4. The second kappa shape index (κ2) is 5.49. The van der Waals surface area contributed by atoms with E-state index in [1.54, 1.807) is 0 Å². The van der Waals surface area contributed by atoms with E-state index in [1.807, 2.05) is 13.0 Å². The van der Waals surface area contributed by atoms with Gasteiger partial charge in [-0.3, -0.25) is 0 Å². The lowest BCUT2D eigenvalue weighted by atomic mass is 10.2. The third-order valence-corrected chi connectivity index (χ3v) is 3.53.